The Morgan fingerprint density at radius 1 is 1.00 bits per heavy atom. The molecule has 2 aliphatic rings. The third kappa shape index (κ3) is 1.80. The van der Waals surface area contributed by atoms with Crippen molar-refractivity contribution in [3.05, 3.63) is 0 Å². The highest BCUT2D eigenvalue weighted by atomic mass is 15.2. The Bertz CT molecular complexity index is 141. The molecule has 0 aromatic rings. The van der Waals surface area contributed by atoms with Gasteiger partial charge in [0, 0.05) is 18.6 Å². The van der Waals surface area contributed by atoms with Crippen molar-refractivity contribution in [2.75, 3.05) is 13.1 Å². The molecule has 0 amide bonds. The van der Waals surface area contributed by atoms with Crippen LogP contribution < -0.4 is 5.73 Å². The van der Waals surface area contributed by atoms with Crippen LogP contribution in [0.25, 0.3) is 0 Å². The monoisotopic (exact) mass is 168 g/mol. The van der Waals surface area contributed by atoms with Crippen LogP contribution in [0.2, 0.25) is 0 Å². The molecule has 1 heterocycles. The Kier molecular flexibility index (Phi) is 2.66. The Balaban J connectivity index is 1.85. The second kappa shape index (κ2) is 3.75. The van der Waals surface area contributed by atoms with Gasteiger partial charge in [-0.1, -0.05) is 12.8 Å². The van der Waals surface area contributed by atoms with Crippen LogP contribution in [0.1, 0.15) is 38.5 Å². The molecule has 1 saturated carbocycles. The fraction of sp³-hybridized carbons (Fsp3) is 1.00. The summed E-state index contributed by atoms with van der Waals surface area (Å²) in [6.07, 6.45) is 8.28. The van der Waals surface area contributed by atoms with Crippen molar-refractivity contribution in [2.45, 2.75) is 50.6 Å². The first-order valence-corrected chi connectivity index (χ1v) is 5.36. The molecule has 1 aliphatic carbocycles. The highest BCUT2D eigenvalue weighted by Crippen LogP contribution is 2.25. The number of nitrogens with zero attached hydrogens (tertiary/aromatic N) is 1. The minimum Gasteiger partial charge on any atom is -0.327 e. The molecule has 0 unspecified atom stereocenters. The lowest BCUT2D eigenvalue weighted by atomic mass is 10.0. The van der Waals surface area contributed by atoms with Crippen LogP contribution >= 0.6 is 0 Å². The summed E-state index contributed by atoms with van der Waals surface area (Å²) in [5.74, 6) is 0. The third-order valence-corrected chi connectivity index (χ3v) is 3.33. The lowest BCUT2D eigenvalue weighted by Crippen LogP contribution is -2.46. The molecular formula is C10H20N2. The zero-order valence-electron chi connectivity index (χ0n) is 7.84. The maximum absolute atomic E-state index is 5.95. The zero-order chi connectivity index (χ0) is 8.39. The number of nitrogens with two attached hydrogens (primary N) is 1. The number of piperidine rings is 1. The van der Waals surface area contributed by atoms with Crippen molar-refractivity contribution < 1.29 is 0 Å². The average molecular weight is 168 g/mol. The normalized spacial score (nSPS) is 34.2. The molecule has 1 saturated heterocycles. The van der Waals surface area contributed by atoms with E-state index in [2.05, 4.69) is 4.90 Å². The van der Waals surface area contributed by atoms with Gasteiger partial charge in [0.15, 0.2) is 0 Å². The van der Waals surface area contributed by atoms with Gasteiger partial charge in [-0.05, 0) is 32.2 Å². The van der Waals surface area contributed by atoms with Crippen LogP contribution in [0, 0.1) is 0 Å². The predicted molar refractivity (Wildman–Crippen MR) is 51.0 cm³/mol. The molecule has 2 heteroatoms. The Hall–Kier alpha value is -0.0800. The van der Waals surface area contributed by atoms with E-state index < -0.39 is 0 Å². The van der Waals surface area contributed by atoms with E-state index in [4.69, 9.17) is 5.73 Å². The molecule has 1 aliphatic heterocycles. The molecule has 2 fully saturated rings. The second-order valence-electron chi connectivity index (χ2n) is 4.34. The van der Waals surface area contributed by atoms with E-state index in [1.807, 2.05) is 0 Å². The van der Waals surface area contributed by atoms with E-state index in [9.17, 15) is 0 Å². The maximum atomic E-state index is 5.95. The molecule has 70 valence electrons. The van der Waals surface area contributed by atoms with E-state index in [0.717, 1.165) is 12.6 Å². The van der Waals surface area contributed by atoms with Gasteiger partial charge in [0.25, 0.3) is 0 Å². The van der Waals surface area contributed by atoms with E-state index in [1.165, 1.54) is 45.1 Å². The van der Waals surface area contributed by atoms with Gasteiger partial charge >= 0.3 is 0 Å². The predicted octanol–water partition coefficient (Wildman–Crippen LogP) is 1.35. The third-order valence-electron chi connectivity index (χ3n) is 3.33. The number of likely N-dealkylation sites (tertiary alicyclic amines) is 1. The van der Waals surface area contributed by atoms with E-state index in [1.54, 1.807) is 0 Å². The first kappa shape index (κ1) is 8.52. The second-order valence-corrected chi connectivity index (χ2v) is 4.34. The largest absolute Gasteiger partial charge is 0.327 e. The minimum absolute atomic E-state index is 0.458. The standard InChI is InChI=1S/C10H20N2/c11-9-4-3-7-12(8-9)10-5-1-2-6-10/h9-10H,1-8,11H2/t9-/m1/s1. The molecule has 12 heavy (non-hydrogen) atoms. The van der Waals surface area contributed by atoms with Crippen molar-refractivity contribution >= 4 is 0 Å². The molecule has 0 bridgehead atoms. The van der Waals surface area contributed by atoms with Crippen LogP contribution in [0.5, 0.6) is 0 Å². The highest BCUT2D eigenvalue weighted by molar-refractivity contribution is 4.83. The Morgan fingerprint density at radius 3 is 2.42 bits per heavy atom. The summed E-state index contributed by atoms with van der Waals surface area (Å²) >= 11 is 0. The number of rotatable bonds is 1. The molecule has 1 atom stereocenters. The average Bonchev–Trinajstić information content (AvgIpc) is 2.56. The van der Waals surface area contributed by atoms with Gasteiger partial charge in [-0.15, -0.1) is 0 Å². The van der Waals surface area contributed by atoms with E-state index >= 15 is 0 Å². The van der Waals surface area contributed by atoms with Crippen LogP contribution in [0.4, 0.5) is 0 Å². The van der Waals surface area contributed by atoms with Gasteiger partial charge in [0.2, 0.25) is 0 Å². The van der Waals surface area contributed by atoms with Gasteiger partial charge in [0.1, 0.15) is 0 Å². The van der Waals surface area contributed by atoms with Gasteiger partial charge < -0.3 is 5.73 Å². The molecule has 0 aromatic heterocycles. The summed E-state index contributed by atoms with van der Waals surface area (Å²) in [6, 6.07) is 1.34. The van der Waals surface area contributed by atoms with Crippen molar-refractivity contribution in [2.24, 2.45) is 5.73 Å². The molecule has 2 rings (SSSR count). The first-order chi connectivity index (χ1) is 5.86. The molecule has 2 N–H and O–H groups in total. The first-order valence-electron chi connectivity index (χ1n) is 5.36. The van der Waals surface area contributed by atoms with Crippen LogP contribution in [0.15, 0.2) is 0 Å². The molecule has 0 spiro atoms. The van der Waals surface area contributed by atoms with Crippen LogP contribution in [0.3, 0.4) is 0 Å². The summed E-state index contributed by atoms with van der Waals surface area (Å²) in [5.41, 5.74) is 5.95. The molecule has 0 radical (unpaired) electrons. The van der Waals surface area contributed by atoms with Crippen molar-refractivity contribution in [3.63, 3.8) is 0 Å². The van der Waals surface area contributed by atoms with Crippen molar-refractivity contribution in [1.82, 2.24) is 4.90 Å². The SMILES string of the molecule is N[C@@H]1CCCN(C2CCCC2)C1. The molecule has 2 nitrogen and oxygen atoms in total. The number of hydrogen-bond acceptors (Lipinski definition) is 2. The fourth-order valence-corrected chi connectivity index (χ4v) is 2.64. The minimum atomic E-state index is 0.458. The Morgan fingerprint density at radius 2 is 1.75 bits per heavy atom. The quantitative estimate of drug-likeness (QED) is 0.640. The summed E-state index contributed by atoms with van der Waals surface area (Å²) in [4.78, 5) is 2.63. The molecule has 0 aromatic carbocycles. The molecular weight excluding hydrogens is 148 g/mol. The lowest BCUT2D eigenvalue weighted by molar-refractivity contribution is 0.151. The summed E-state index contributed by atoms with van der Waals surface area (Å²) in [5, 5.41) is 0. The highest BCUT2D eigenvalue weighted by Gasteiger charge is 2.25. The van der Waals surface area contributed by atoms with E-state index in [0.29, 0.717) is 6.04 Å². The van der Waals surface area contributed by atoms with Gasteiger partial charge in [-0.3, -0.25) is 4.90 Å². The van der Waals surface area contributed by atoms with Crippen molar-refractivity contribution in [3.8, 4) is 0 Å². The van der Waals surface area contributed by atoms with Gasteiger partial charge in [0.05, 0.1) is 0 Å². The summed E-state index contributed by atoms with van der Waals surface area (Å²) in [7, 11) is 0. The Labute approximate surface area is 75.1 Å². The summed E-state index contributed by atoms with van der Waals surface area (Å²) < 4.78 is 0. The maximum Gasteiger partial charge on any atom is 0.0168 e. The van der Waals surface area contributed by atoms with E-state index in [-0.39, 0.29) is 0 Å². The van der Waals surface area contributed by atoms with Gasteiger partial charge in [-0.25, -0.2) is 0 Å². The summed E-state index contributed by atoms with van der Waals surface area (Å²) in [6.45, 7) is 2.46. The van der Waals surface area contributed by atoms with Crippen LogP contribution in [-0.2, 0) is 0 Å². The van der Waals surface area contributed by atoms with Crippen molar-refractivity contribution in [1.29, 1.82) is 0 Å². The fourth-order valence-electron chi connectivity index (χ4n) is 2.64. The van der Waals surface area contributed by atoms with Gasteiger partial charge in [-0.2, -0.15) is 0 Å². The topological polar surface area (TPSA) is 29.3 Å². The lowest BCUT2D eigenvalue weighted by Gasteiger charge is -2.35. The zero-order valence-corrected chi connectivity index (χ0v) is 7.84. The smallest absolute Gasteiger partial charge is 0.0168 e. The number of hydrogen-bond donors (Lipinski definition) is 1. The van der Waals surface area contributed by atoms with Crippen LogP contribution in [-0.4, -0.2) is 30.1 Å².